The fourth-order valence-corrected chi connectivity index (χ4v) is 8.47. The number of carboxylic acids is 1. The monoisotopic (exact) mass is 539 g/mol. The summed E-state index contributed by atoms with van der Waals surface area (Å²) < 4.78 is 35.4. The Morgan fingerprint density at radius 1 is 0.919 bits per heavy atom. The van der Waals surface area contributed by atoms with Gasteiger partial charge in [0.1, 0.15) is 5.75 Å². The Bertz CT molecular complexity index is 1320. The lowest BCUT2D eigenvalue weighted by molar-refractivity contribution is -0.142. The molecule has 1 aliphatic rings. The van der Waals surface area contributed by atoms with Crippen molar-refractivity contribution < 1.29 is 23.1 Å². The third kappa shape index (κ3) is 5.56. The molecule has 1 saturated heterocycles. The molecule has 0 unspecified atom stereocenters. The van der Waals surface area contributed by atoms with Gasteiger partial charge in [-0.1, -0.05) is 54.4 Å². The first kappa shape index (κ1) is 27.2. The summed E-state index contributed by atoms with van der Waals surface area (Å²) in [7, 11) is -4.01. The van der Waals surface area contributed by atoms with Gasteiger partial charge in [-0.3, -0.25) is 4.79 Å². The van der Waals surface area contributed by atoms with Crippen molar-refractivity contribution in [3.63, 3.8) is 0 Å². The van der Waals surface area contributed by atoms with Crippen LogP contribution in [0.4, 0.5) is 0 Å². The second-order valence-electron chi connectivity index (χ2n) is 9.33. The molecule has 4 atom stereocenters. The van der Waals surface area contributed by atoms with Crippen LogP contribution in [0.15, 0.2) is 82.6 Å². The summed E-state index contributed by atoms with van der Waals surface area (Å²) in [4.78, 5) is 13.9. The minimum Gasteiger partial charge on any atom is -0.494 e. The molecule has 6 nitrogen and oxygen atoms in total. The highest BCUT2D eigenvalue weighted by Gasteiger charge is 2.57. The summed E-state index contributed by atoms with van der Waals surface area (Å²) in [5.74, 6) is -1.31. The summed E-state index contributed by atoms with van der Waals surface area (Å²) in [5, 5.41) is 10.0. The van der Waals surface area contributed by atoms with Gasteiger partial charge < -0.3 is 9.84 Å². The highest BCUT2D eigenvalue weighted by Crippen LogP contribution is 2.51. The molecule has 3 aromatic carbocycles. The van der Waals surface area contributed by atoms with Crippen LogP contribution in [0, 0.1) is 19.8 Å². The Balaban J connectivity index is 1.87. The third-order valence-electron chi connectivity index (χ3n) is 6.80. The van der Waals surface area contributed by atoms with E-state index in [0.29, 0.717) is 24.3 Å². The van der Waals surface area contributed by atoms with Crippen LogP contribution in [-0.2, 0) is 14.8 Å². The first-order chi connectivity index (χ1) is 17.7. The Labute approximate surface area is 223 Å². The molecule has 0 saturated carbocycles. The van der Waals surface area contributed by atoms with Crippen molar-refractivity contribution in [3.8, 4) is 5.75 Å². The van der Waals surface area contributed by atoms with Crippen LogP contribution in [0.2, 0.25) is 0 Å². The second-order valence-corrected chi connectivity index (χ2v) is 12.4. The average Bonchev–Trinajstić information content (AvgIpc) is 3.21. The van der Waals surface area contributed by atoms with Gasteiger partial charge >= 0.3 is 5.97 Å². The van der Waals surface area contributed by atoms with Crippen molar-refractivity contribution in [3.05, 3.63) is 89.5 Å². The normalized spacial score (nSPS) is 22.2. The molecule has 1 heterocycles. The lowest BCUT2D eigenvalue weighted by Gasteiger charge is -2.30. The number of ether oxygens (including phenoxy) is 1. The summed E-state index contributed by atoms with van der Waals surface area (Å²) in [6.45, 7) is 8.21. The van der Waals surface area contributed by atoms with Gasteiger partial charge in [-0.2, -0.15) is 4.31 Å². The third-order valence-corrected chi connectivity index (χ3v) is 10.1. The van der Waals surface area contributed by atoms with E-state index < -0.39 is 39.2 Å². The molecule has 0 aromatic heterocycles. The van der Waals surface area contributed by atoms with Crippen molar-refractivity contribution in [1.29, 1.82) is 0 Å². The zero-order chi connectivity index (χ0) is 26.7. The zero-order valence-corrected chi connectivity index (χ0v) is 23.1. The lowest BCUT2D eigenvalue weighted by atomic mass is 9.93. The zero-order valence-electron chi connectivity index (χ0n) is 21.5. The molecular formula is C29H33NO5S2. The molecular weight excluding hydrogens is 506 g/mol. The van der Waals surface area contributed by atoms with Gasteiger partial charge in [-0.05, 0) is 69.2 Å². The molecule has 0 spiro atoms. The van der Waals surface area contributed by atoms with E-state index in [1.165, 1.54) is 16.1 Å². The maximum Gasteiger partial charge on any atom is 0.309 e. The van der Waals surface area contributed by atoms with Gasteiger partial charge in [0, 0.05) is 16.2 Å². The minimum atomic E-state index is -4.01. The Hall–Kier alpha value is -2.81. The molecule has 0 radical (unpaired) electrons. The van der Waals surface area contributed by atoms with Gasteiger partial charge in [0.05, 0.1) is 23.5 Å². The molecule has 3 aromatic rings. The predicted molar refractivity (Wildman–Crippen MR) is 147 cm³/mol. The summed E-state index contributed by atoms with van der Waals surface area (Å²) in [5.41, 5.74) is 2.69. The van der Waals surface area contributed by atoms with Crippen LogP contribution in [-0.4, -0.2) is 41.7 Å². The number of hydrogen-bond donors (Lipinski definition) is 1. The SMILES string of the molecule is CCOc1ccc([C@H]2[C@H](C(=O)O)[C@H](Sc3ccc(C)cc3)[C@@H](CC)N2S(=O)(=O)c2ccc(C)cc2)cc1. The number of thioether (sulfide) groups is 1. The Kier molecular flexibility index (Phi) is 8.31. The number of rotatable bonds is 9. The maximum absolute atomic E-state index is 14.2. The predicted octanol–water partition coefficient (Wildman–Crippen LogP) is 6.09. The fraction of sp³-hybridized carbons (Fsp3) is 0.345. The van der Waals surface area contributed by atoms with E-state index in [-0.39, 0.29) is 4.90 Å². The van der Waals surface area contributed by atoms with E-state index in [9.17, 15) is 18.3 Å². The molecule has 4 rings (SSSR count). The van der Waals surface area contributed by atoms with Crippen LogP contribution in [0.3, 0.4) is 0 Å². The van der Waals surface area contributed by atoms with Crippen LogP contribution in [0.5, 0.6) is 5.75 Å². The van der Waals surface area contributed by atoms with Gasteiger partial charge in [0.15, 0.2) is 0 Å². The van der Waals surface area contributed by atoms with E-state index in [0.717, 1.165) is 16.0 Å². The summed E-state index contributed by atoms with van der Waals surface area (Å²) >= 11 is 1.44. The summed E-state index contributed by atoms with van der Waals surface area (Å²) in [6, 6.07) is 20.4. The quantitative estimate of drug-likeness (QED) is 0.354. The number of aryl methyl sites for hydroxylation is 2. The number of aliphatic carboxylic acids is 1. The van der Waals surface area contributed by atoms with Gasteiger partial charge in [-0.25, -0.2) is 8.42 Å². The number of carbonyl (C=O) groups is 1. The molecule has 0 aliphatic carbocycles. The Morgan fingerprint density at radius 2 is 1.49 bits per heavy atom. The largest absolute Gasteiger partial charge is 0.494 e. The van der Waals surface area contributed by atoms with Crippen molar-refractivity contribution in [1.82, 2.24) is 4.31 Å². The number of benzene rings is 3. The lowest BCUT2D eigenvalue weighted by Crippen LogP contribution is -2.39. The van der Waals surface area contributed by atoms with E-state index in [1.807, 2.05) is 52.0 Å². The molecule has 8 heteroatoms. The fourth-order valence-electron chi connectivity index (χ4n) is 4.98. The van der Waals surface area contributed by atoms with Gasteiger partial charge in [0.25, 0.3) is 0 Å². The van der Waals surface area contributed by atoms with Crippen LogP contribution in [0.25, 0.3) is 0 Å². The highest BCUT2D eigenvalue weighted by molar-refractivity contribution is 8.00. The number of sulfonamides is 1. The van der Waals surface area contributed by atoms with Crippen molar-refractivity contribution in [2.75, 3.05) is 6.61 Å². The summed E-state index contributed by atoms with van der Waals surface area (Å²) in [6.07, 6.45) is 0.478. The van der Waals surface area contributed by atoms with E-state index >= 15 is 0 Å². The van der Waals surface area contributed by atoms with Crippen LogP contribution < -0.4 is 4.74 Å². The van der Waals surface area contributed by atoms with E-state index in [1.54, 1.807) is 48.5 Å². The van der Waals surface area contributed by atoms with Crippen molar-refractivity contribution in [2.45, 2.75) is 61.2 Å². The molecule has 1 aliphatic heterocycles. The van der Waals surface area contributed by atoms with Gasteiger partial charge in [-0.15, -0.1) is 11.8 Å². The molecule has 1 fully saturated rings. The van der Waals surface area contributed by atoms with Gasteiger partial charge in [0.2, 0.25) is 10.0 Å². The van der Waals surface area contributed by atoms with Crippen molar-refractivity contribution in [2.24, 2.45) is 5.92 Å². The molecule has 1 N–H and O–H groups in total. The van der Waals surface area contributed by atoms with Crippen molar-refractivity contribution >= 4 is 27.8 Å². The molecule has 0 amide bonds. The van der Waals surface area contributed by atoms with E-state index in [4.69, 9.17) is 4.74 Å². The highest BCUT2D eigenvalue weighted by atomic mass is 32.2. The molecule has 196 valence electrons. The number of nitrogens with zero attached hydrogens (tertiary/aromatic N) is 1. The minimum absolute atomic E-state index is 0.164. The van der Waals surface area contributed by atoms with E-state index in [2.05, 4.69) is 0 Å². The smallest absolute Gasteiger partial charge is 0.309 e. The number of carboxylic acid groups (broad SMARTS) is 1. The Morgan fingerprint density at radius 3 is 2.00 bits per heavy atom. The standard InChI is InChI=1S/C29H33NO5S2/c1-5-25-28(36-23-15-7-19(3)8-16-23)26(29(31)32)27(21-11-13-22(14-12-21)35-6-2)30(25)37(33,34)24-17-9-20(4)10-18-24/h7-18,25-28H,5-6H2,1-4H3,(H,31,32)/t25-,26+,27+,28-/m1/s1. The van der Waals surface area contributed by atoms with Crippen LogP contribution in [0.1, 0.15) is 43.0 Å². The first-order valence-electron chi connectivity index (χ1n) is 12.5. The molecule has 0 bridgehead atoms. The molecule has 37 heavy (non-hydrogen) atoms. The average molecular weight is 540 g/mol. The maximum atomic E-state index is 14.2. The van der Waals surface area contributed by atoms with Crippen LogP contribution >= 0.6 is 11.8 Å². The number of hydrogen-bond acceptors (Lipinski definition) is 5. The second kappa shape index (κ2) is 11.3. The first-order valence-corrected chi connectivity index (χ1v) is 14.8. The topological polar surface area (TPSA) is 83.9 Å².